The van der Waals surface area contributed by atoms with Crippen LogP contribution in [0.3, 0.4) is 0 Å². The van der Waals surface area contributed by atoms with Crippen molar-refractivity contribution in [2.45, 2.75) is 6.54 Å². The lowest BCUT2D eigenvalue weighted by Crippen LogP contribution is -2.20. The molecule has 0 bridgehead atoms. The van der Waals surface area contributed by atoms with Gasteiger partial charge in [-0.25, -0.2) is 0 Å². The number of benzene rings is 2. The molecule has 0 saturated heterocycles. The number of methoxy groups -OCH3 is 2. The first-order chi connectivity index (χ1) is 10.3. The molecule has 21 heavy (non-hydrogen) atoms. The van der Waals surface area contributed by atoms with E-state index in [-0.39, 0.29) is 0 Å². The second-order valence-corrected chi connectivity index (χ2v) is 4.53. The Balaban J connectivity index is 1.73. The van der Waals surface area contributed by atoms with Crippen LogP contribution < -0.4 is 19.5 Å². The number of nitrogens with one attached hydrogen (secondary N) is 1. The fraction of sp³-hybridized carbons (Fsp3) is 0.294. The summed E-state index contributed by atoms with van der Waals surface area (Å²) in [6.45, 7) is 2.22. The molecule has 2 aromatic carbocycles. The monoisotopic (exact) mass is 287 g/mol. The molecule has 4 nitrogen and oxygen atoms in total. The third-order valence-corrected chi connectivity index (χ3v) is 3.07. The van der Waals surface area contributed by atoms with Crippen molar-refractivity contribution < 1.29 is 14.2 Å². The maximum Gasteiger partial charge on any atom is 0.164 e. The fourth-order valence-electron chi connectivity index (χ4n) is 1.98. The zero-order chi connectivity index (χ0) is 14.9. The van der Waals surface area contributed by atoms with Gasteiger partial charge in [0.05, 0.1) is 14.2 Å². The van der Waals surface area contributed by atoms with E-state index >= 15 is 0 Å². The second-order valence-electron chi connectivity index (χ2n) is 4.53. The van der Waals surface area contributed by atoms with E-state index in [4.69, 9.17) is 14.2 Å². The standard InChI is InChI=1S/C17H21NO3/c1-19-16-9-8-15(12-17(16)20-2)21-11-10-18-13-14-6-4-3-5-7-14/h3-9,12,18H,10-11,13H2,1-2H3. The largest absolute Gasteiger partial charge is 0.493 e. The molecular formula is C17H21NO3. The average molecular weight is 287 g/mol. The van der Waals surface area contributed by atoms with Gasteiger partial charge in [-0.15, -0.1) is 0 Å². The van der Waals surface area contributed by atoms with Crippen LogP contribution in [-0.4, -0.2) is 27.4 Å². The Hall–Kier alpha value is -2.20. The van der Waals surface area contributed by atoms with Crippen molar-refractivity contribution in [2.75, 3.05) is 27.4 Å². The van der Waals surface area contributed by atoms with Crippen molar-refractivity contribution in [1.29, 1.82) is 0 Å². The molecule has 0 aliphatic rings. The van der Waals surface area contributed by atoms with Gasteiger partial charge in [-0.2, -0.15) is 0 Å². The van der Waals surface area contributed by atoms with Crippen LogP contribution in [0.1, 0.15) is 5.56 Å². The van der Waals surface area contributed by atoms with E-state index in [9.17, 15) is 0 Å². The zero-order valence-corrected chi connectivity index (χ0v) is 12.5. The average Bonchev–Trinajstić information content (AvgIpc) is 2.55. The van der Waals surface area contributed by atoms with Crippen molar-refractivity contribution in [3.05, 3.63) is 54.1 Å². The Morgan fingerprint density at radius 1 is 0.905 bits per heavy atom. The molecule has 0 unspecified atom stereocenters. The molecule has 0 fully saturated rings. The van der Waals surface area contributed by atoms with Crippen molar-refractivity contribution in [2.24, 2.45) is 0 Å². The number of rotatable bonds is 8. The van der Waals surface area contributed by atoms with E-state index < -0.39 is 0 Å². The van der Waals surface area contributed by atoms with Crippen LogP contribution in [0.15, 0.2) is 48.5 Å². The number of hydrogen-bond acceptors (Lipinski definition) is 4. The van der Waals surface area contributed by atoms with Crippen molar-refractivity contribution in [3.8, 4) is 17.2 Å². The van der Waals surface area contributed by atoms with Crippen molar-refractivity contribution >= 4 is 0 Å². The van der Waals surface area contributed by atoms with Gasteiger partial charge >= 0.3 is 0 Å². The van der Waals surface area contributed by atoms with Gasteiger partial charge in [0, 0.05) is 19.2 Å². The molecule has 4 heteroatoms. The predicted octanol–water partition coefficient (Wildman–Crippen LogP) is 2.87. The van der Waals surface area contributed by atoms with Crippen molar-refractivity contribution in [1.82, 2.24) is 5.32 Å². The maximum absolute atomic E-state index is 5.69. The molecule has 0 aliphatic heterocycles. The summed E-state index contributed by atoms with van der Waals surface area (Å²) in [6, 6.07) is 15.8. The Morgan fingerprint density at radius 3 is 2.38 bits per heavy atom. The first-order valence-electron chi connectivity index (χ1n) is 6.93. The SMILES string of the molecule is COc1ccc(OCCNCc2ccccc2)cc1OC. The lowest BCUT2D eigenvalue weighted by atomic mass is 10.2. The van der Waals surface area contributed by atoms with Crippen LogP contribution in [0.5, 0.6) is 17.2 Å². The van der Waals surface area contributed by atoms with Crippen molar-refractivity contribution in [3.63, 3.8) is 0 Å². The van der Waals surface area contributed by atoms with Gasteiger partial charge in [0.15, 0.2) is 11.5 Å². The summed E-state index contributed by atoms with van der Waals surface area (Å²) in [5.74, 6) is 2.15. The zero-order valence-electron chi connectivity index (χ0n) is 12.5. The summed E-state index contributed by atoms with van der Waals surface area (Å²) in [4.78, 5) is 0. The van der Waals surface area contributed by atoms with Crippen LogP contribution in [0.25, 0.3) is 0 Å². The Kier molecular flexibility index (Phi) is 5.91. The van der Waals surface area contributed by atoms with Gasteiger partial charge in [-0.05, 0) is 17.7 Å². The first-order valence-corrected chi connectivity index (χ1v) is 6.93. The summed E-state index contributed by atoms with van der Waals surface area (Å²) in [5, 5.41) is 3.34. The third-order valence-electron chi connectivity index (χ3n) is 3.07. The second kappa shape index (κ2) is 8.17. The van der Waals surface area contributed by atoms with Gasteiger partial charge in [0.2, 0.25) is 0 Å². The molecule has 2 rings (SSSR count). The highest BCUT2D eigenvalue weighted by Crippen LogP contribution is 2.30. The Morgan fingerprint density at radius 2 is 1.67 bits per heavy atom. The molecule has 112 valence electrons. The van der Waals surface area contributed by atoms with Gasteiger partial charge in [-0.3, -0.25) is 0 Å². The van der Waals surface area contributed by atoms with E-state index in [1.54, 1.807) is 14.2 Å². The molecule has 0 spiro atoms. The van der Waals surface area contributed by atoms with E-state index in [0.717, 1.165) is 18.8 Å². The molecule has 0 aliphatic carbocycles. The highest BCUT2D eigenvalue weighted by Gasteiger charge is 2.04. The van der Waals surface area contributed by atoms with Crippen LogP contribution in [-0.2, 0) is 6.54 Å². The van der Waals surface area contributed by atoms with Crippen LogP contribution in [0.4, 0.5) is 0 Å². The van der Waals surface area contributed by atoms with Gasteiger partial charge in [-0.1, -0.05) is 30.3 Å². The number of ether oxygens (including phenoxy) is 3. The van der Waals surface area contributed by atoms with E-state index in [1.165, 1.54) is 5.56 Å². The number of hydrogen-bond donors (Lipinski definition) is 1. The molecule has 0 heterocycles. The molecule has 0 radical (unpaired) electrons. The molecule has 2 aromatic rings. The molecule has 0 saturated carbocycles. The van der Waals surface area contributed by atoms with E-state index in [1.807, 2.05) is 36.4 Å². The van der Waals surface area contributed by atoms with Gasteiger partial charge in [0.25, 0.3) is 0 Å². The topological polar surface area (TPSA) is 39.7 Å². The molecule has 0 aromatic heterocycles. The normalized spacial score (nSPS) is 10.2. The maximum atomic E-state index is 5.69. The fourth-order valence-corrected chi connectivity index (χ4v) is 1.98. The van der Waals surface area contributed by atoms with E-state index in [2.05, 4.69) is 17.4 Å². The molecule has 0 amide bonds. The smallest absolute Gasteiger partial charge is 0.164 e. The van der Waals surface area contributed by atoms with Crippen LogP contribution in [0.2, 0.25) is 0 Å². The van der Waals surface area contributed by atoms with Crippen LogP contribution in [0, 0.1) is 0 Å². The van der Waals surface area contributed by atoms with E-state index in [0.29, 0.717) is 18.1 Å². The molecular weight excluding hydrogens is 266 g/mol. The lowest BCUT2D eigenvalue weighted by molar-refractivity contribution is 0.307. The Bertz CT molecular complexity index is 543. The highest BCUT2D eigenvalue weighted by molar-refractivity contribution is 5.45. The minimum atomic E-state index is 0.600. The molecule has 0 atom stereocenters. The minimum Gasteiger partial charge on any atom is -0.493 e. The first kappa shape index (κ1) is 15.2. The molecule has 1 N–H and O–H groups in total. The van der Waals surface area contributed by atoms with Crippen LogP contribution >= 0.6 is 0 Å². The predicted molar refractivity (Wildman–Crippen MR) is 83.2 cm³/mol. The Labute approximate surface area is 125 Å². The minimum absolute atomic E-state index is 0.600. The highest BCUT2D eigenvalue weighted by atomic mass is 16.5. The summed E-state index contributed by atoms with van der Waals surface area (Å²) >= 11 is 0. The summed E-state index contributed by atoms with van der Waals surface area (Å²) < 4.78 is 16.1. The summed E-state index contributed by atoms with van der Waals surface area (Å²) in [7, 11) is 3.23. The quantitative estimate of drug-likeness (QED) is 0.758. The van der Waals surface area contributed by atoms with Gasteiger partial charge < -0.3 is 19.5 Å². The summed E-state index contributed by atoms with van der Waals surface area (Å²) in [5.41, 5.74) is 1.27. The van der Waals surface area contributed by atoms with Gasteiger partial charge in [0.1, 0.15) is 12.4 Å². The lowest BCUT2D eigenvalue weighted by Gasteiger charge is -2.11. The third kappa shape index (κ3) is 4.68. The summed E-state index contributed by atoms with van der Waals surface area (Å²) in [6.07, 6.45) is 0.